The van der Waals surface area contributed by atoms with Crippen molar-refractivity contribution in [3.05, 3.63) is 24.2 Å². The number of halogens is 3. The van der Waals surface area contributed by atoms with Crippen molar-refractivity contribution in [1.29, 1.82) is 0 Å². The molecule has 11 heteroatoms. The first-order valence-corrected chi connectivity index (χ1v) is 9.85. The Morgan fingerprint density at radius 3 is 2.60 bits per heavy atom. The molecule has 1 aromatic rings. The minimum Gasteiger partial charge on any atom is -0.475 e. The lowest BCUT2D eigenvalue weighted by Crippen LogP contribution is -2.47. The van der Waals surface area contributed by atoms with Gasteiger partial charge in [0.2, 0.25) is 0 Å². The number of carbonyl (C=O) groups is 2. The lowest BCUT2D eigenvalue weighted by atomic mass is 9.81. The van der Waals surface area contributed by atoms with Crippen LogP contribution in [0.5, 0.6) is 0 Å². The van der Waals surface area contributed by atoms with Crippen LogP contribution in [0, 0.1) is 11.3 Å². The SMILES string of the molecule is O=C(NC[C@]12COC[C@H]1CN(Cc1ccco1)C2)N1CCCC1.O=C(O)C(F)(F)F. The highest BCUT2D eigenvalue weighted by atomic mass is 19.4. The number of hydrogen-bond donors (Lipinski definition) is 2. The largest absolute Gasteiger partial charge is 0.490 e. The Bertz CT molecular complexity index is 721. The van der Waals surface area contributed by atoms with Crippen LogP contribution in [-0.2, 0) is 16.1 Å². The molecule has 3 aliphatic rings. The molecule has 0 radical (unpaired) electrons. The van der Waals surface area contributed by atoms with Crippen LogP contribution in [0.25, 0.3) is 0 Å². The average molecular weight is 433 g/mol. The Labute approximate surface area is 171 Å². The second-order valence-electron chi connectivity index (χ2n) is 7.98. The second-order valence-corrected chi connectivity index (χ2v) is 7.98. The number of fused-ring (bicyclic) bond motifs is 1. The van der Waals surface area contributed by atoms with E-state index in [1.54, 1.807) is 6.26 Å². The van der Waals surface area contributed by atoms with Crippen LogP contribution >= 0.6 is 0 Å². The molecule has 0 bridgehead atoms. The second kappa shape index (κ2) is 9.25. The molecule has 0 aliphatic carbocycles. The Balaban J connectivity index is 0.000000318. The molecule has 30 heavy (non-hydrogen) atoms. The molecule has 0 saturated carbocycles. The number of urea groups is 1. The third-order valence-corrected chi connectivity index (χ3v) is 5.78. The predicted octanol–water partition coefficient (Wildman–Crippen LogP) is 2.17. The summed E-state index contributed by atoms with van der Waals surface area (Å²) >= 11 is 0. The molecule has 0 aromatic carbocycles. The van der Waals surface area contributed by atoms with Crippen LogP contribution in [0.15, 0.2) is 22.8 Å². The first-order chi connectivity index (χ1) is 14.2. The van der Waals surface area contributed by atoms with Crippen molar-refractivity contribution in [2.75, 3.05) is 45.9 Å². The number of carboxylic acid groups (broad SMARTS) is 1. The summed E-state index contributed by atoms with van der Waals surface area (Å²) < 4.78 is 42.9. The molecule has 2 atom stereocenters. The topological polar surface area (TPSA) is 95.3 Å². The van der Waals surface area contributed by atoms with Crippen LogP contribution in [0.3, 0.4) is 0 Å². The summed E-state index contributed by atoms with van der Waals surface area (Å²) in [5.74, 6) is -1.26. The fourth-order valence-corrected chi connectivity index (χ4v) is 4.22. The minimum atomic E-state index is -5.08. The highest BCUT2D eigenvalue weighted by Crippen LogP contribution is 2.41. The number of likely N-dealkylation sites (tertiary alicyclic amines) is 2. The zero-order chi connectivity index (χ0) is 21.8. The predicted molar refractivity (Wildman–Crippen MR) is 98.6 cm³/mol. The molecular weight excluding hydrogens is 407 g/mol. The number of ether oxygens (including phenoxy) is 1. The number of nitrogens with one attached hydrogen (secondary N) is 1. The number of rotatable bonds is 4. The summed E-state index contributed by atoms with van der Waals surface area (Å²) in [6.45, 7) is 6.85. The van der Waals surface area contributed by atoms with Crippen molar-refractivity contribution in [2.24, 2.45) is 11.3 Å². The Hall–Kier alpha value is -2.27. The molecule has 4 heterocycles. The number of alkyl halides is 3. The van der Waals surface area contributed by atoms with Gasteiger partial charge in [0.25, 0.3) is 0 Å². The summed E-state index contributed by atoms with van der Waals surface area (Å²) in [5.41, 5.74) is 0.0575. The summed E-state index contributed by atoms with van der Waals surface area (Å²) in [5, 5.41) is 10.3. The Kier molecular flexibility index (Phi) is 6.91. The molecule has 2 amide bonds. The van der Waals surface area contributed by atoms with Crippen LogP contribution in [0.4, 0.5) is 18.0 Å². The summed E-state index contributed by atoms with van der Waals surface area (Å²) in [7, 11) is 0. The molecule has 1 aromatic heterocycles. The average Bonchev–Trinajstić information content (AvgIpc) is 3.44. The van der Waals surface area contributed by atoms with Crippen molar-refractivity contribution in [2.45, 2.75) is 25.6 Å². The number of aliphatic carboxylic acids is 1. The maximum Gasteiger partial charge on any atom is 0.490 e. The molecule has 0 unspecified atom stereocenters. The molecule has 3 saturated heterocycles. The molecule has 3 fully saturated rings. The first kappa shape index (κ1) is 22.4. The maximum atomic E-state index is 12.3. The van der Waals surface area contributed by atoms with Gasteiger partial charge in [-0.2, -0.15) is 13.2 Å². The molecule has 168 valence electrons. The van der Waals surface area contributed by atoms with Crippen molar-refractivity contribution in [3.63, 3.8) is 0 Å². The smallest absolute Gasteiger partial charge is 0.475 e. The molecule has 0 spiro atoms. The molecular formula is C19H26F3N3O5. The third-order valence-electron chi connectivity index (χ3n) is 5.78. The quantitative estimate of drug-likeness (QED) is 0.756. The van der Waals surface area contributed by atoms with Gasteiger partial charge in [0.15, 0.2) is 0 Å². The fourth-order valence-electron chi connectivity index (χ4n) is 4.22. The molecule has 3 aliphatic heterocycles. The number of carbonyl (C=O) groups excluding carboxylic acids is 1. The van der Waals surface area contributed by atoms with Gasteiger partial charge in [-0.15, -0.1) is 0 Å². The Morgan fingerprint density at radius 1 is 1.30 bits per heavy atom. The standard InChI is InChI=1S/C17H25N3O3.C2HF3O2/c21-16(20-5-1-2-6-20)18-11-17-12-19(8-14(17)10-22-13-17)9-15-4-3-7-23-15;3-2(4,5)1(6)7/h3-4,7,14H,1-2,5-6,8-13H2,(H,18,21);(H,6,7)/t14-,17+;/m1./s1. The van der Waals surface area contributed by atoms with Gasteiger partial charge in [0, 0.05) is 44.1 Å². The van der Waals surface area contributed by atoms with Gasteiger partial charge < -0.3 is 24.5 Å². The van der Waals surface area contributed by atoms with E-state index in [2.05, 4.69) is 10.2 Å². The highest BCUT2D eigenvalue weighted by molar-refractivity contribution is 5.74. The van der Waals surface area contributed by atoms with E-state index in [9.17, 15) is 18.0 Å². The zero-order valence-electron chi connectivity index (χ0n) is 16.5. The number of amides is 2. The number of carboxylic acids is 1. The van der Waals surface area contributed by atoms with E-state index < -0.39 is 12.1 Å². The van der Waals surface area contributed by atoms with E-state index in [4.69, 9.17) is 19.1 Å². The monoisotopic (exact) mass is 433 g/mol. The van der Waals surface area contributed by atoms with E-state index in [-0.39, 0.29) is 11.4 Å². The molecule has 8 nitrogen and oxygen atoms in total. The first-order valence-electron chi connectivity index (χ1n) is 9.85. The Morgan fingerprint density at radius 2 is 2.00 bits per heavy atom. The maximum absolute atomic E-state index is 12.3. The van der Waals surface area contributed by atoms with Crippen molar-refractivity contribution >= 4 is 12.0 Å². The van der Waals surface area contributed by atoms with Crippen molar-refractivity contribution in [1.82, 2.24) is 15.1 Å². The minimum absolute atomic E-state index is 0.0575. The lowest BCUT2D eigenvalue weighted by molar-refractivity contribution is -0.192. The normalized spacial score (nSPS) is 26.2. The van der Waals surface area contributed by atoms with Crippen molar-refractivity contribution in [3.8, 4) is 0 Å². The number of furan rings is 1. The van der Waals surface area contributed by atoms with Gasteiger partial charge in [0.1, 0.15) is 5.76 Å². The van der Waals surface area contributed by atoms with Crippen LogP contribution in [0.2, 0.25) is 0 Å². The van der Waals surface area contributed by atoms with Crippen molar-refractivity contribution < 1.29 is 37.0 Å². The van der Waals surface area contributed by atoms with E-state index in [0.717, 1.165) is 64.5 Å². The zero-order valence-corrected chi connectivity index (χ0v) is 16.5. The van der Waals surface area contributed by atoms with E-state index in [1.165, 1.54) is 0 Å². The van der Waals surface area contributed by atoms with Gasteiger partial charge >= 0.3 is 18.2 Å². The van der Waals surface area contributed by atoms with Crippen LogP contribution in [0.1, 0.15) is 18.6 Å². The lowest BCUT2D eigenvalue weighted by Gasteiger charge is -2.28. The summed E-state index contributed by atoms with van der Waals surface area (Å²) in [6.07, 6.45) is -1.11. The number of nitrogens with zero attached hydrogens (tertiary/aromatic N) is 2. The van der Waals surface area contributed by atoms with Gasteiger partial charge in [-0.1, -0.05) is 0 Å². The summed E-state index contributed by atoms with van der Waals surface area (Å²) in [6, 6.07) is 4.04. The third kappa shape index (κ3) is 5.45. The van der Waals surface area contributed by atoms with Gasteiger partial charge in [-0.05, 0) is 25.0 Å². The highest BCUT2D eigenvalue weighted by Gasteiger charge is 2.50. The van der Waals surface area contributed by atoms with Gasteiger partial charge in [0.05, 0.1) is 26.0 Å². The summed E-state index contributed by atoms with van der Waals surface area (Å²) in [4.78, 5) is 25.5. The fraction of sp³-hybridized carbons (Fsp3) is 0.684. The number of hydrogen-bond acceptors (Lipinski definition) is 5. The van der Waals surface area contributed by atoms with Crippen LogP contribution < -0.4 is 5.32 Å². The van der Waals surface area contributed by atoms with E-state index >= 15 is 0 Å². The van der Waals surface area contributed by atoms with Crippen LogP contribution in [-0.4, -0.2) is 79.0 Å². The van der Waals surface area contributed by atoms with Gasteiger partial charge in [-0.3, -0.25) is 4.90 Å². The van der Waals surface area contributed by atoms with E-state index in [1.807, 2.05) is 17.0 Å². The molecule has 4 rings (SSSR count). The molecule has 2 N–H and O–H groups in total. The van der Waals surface area contributed by atoms with Gasteiger partial charge in [-0.25, -0.2) is 9.59 Å². The van der Waals surface area contributed by atoms with E-state index in [0.29, 0.717) is 12.5 Å².